The third-order valence-electron chi connectivity index (χ3n) is 3.19. The van der Waals surface area contributed by atoms with E-state index in [0.29, 0.717) is 17.5 Å². The molecule has 0 aliphatic heterocycles. The van der Waals surface area contributed by atoms with Crippen molar-refractivity contribution in [3.63, 3.8) is 0 Å². The summed E-state index contributed by atoms with van der Waals surface area (Å²) in [6.45, 7) is 0.677. The maximum absolute atomic E-state index is 6.04. The molecule has 0 radical (unpaired) electrons. The van der Waals surface area contributed by atoms with Crippen molar-refractivity contribution in [3.8, 4) is 0 Å². The van der Waals surface area contributed by atoms with E-state index in [1.165, 1.54) is 5.56 Å². The van der Waals surface area contributed by atoms with E-state index in [-0.39, 0.29) is 0 Å². The number of aromatic nitrogens is 2. The molecular weight excluding hydrogens is 284 g/mol. The normalized spacial score (nSPS) is 10.6. The second kappa shape index (κ2) is 5.97. The summed E-state index contributed by atoms with van der Waals surface area (Å²) < 4.78 is 0. The second-order valence-electron chi connectivity index (χ2n) is 4.65. The third-order valence-corrected chi connectivity index (χ3v) is 3.42. The number of anilines is 2. The predicted octanol–water partition coefficient (Wildman–Crippen LogP) is 3.94. The van der Waals surface area contributed by atoms with Gasteiger partial charge in [0.1, 0.15) is 5.82 Å². The second-order valence-corrected chi connectivity index (χ2v) is 5.08. The van der Waals surface area contributed by atoms with Gasteiger partial charge in [-0.25, -0.2) is 4.98 Å². The third kappa shape index (κ3) is 3.06. The quantitative estimate of drug-likeness (QED) is 0.766. The number of nitrogens with one attached hydrogen (secondary N) is 2. The highest BCUT2D eigenvalue weighted by Crippen LogP contribution is 2.24. The molecule has 3 rings (SSSR count). The van der Waals surface area contributed by atoms with Crippen LogP contribution in [0.4, 0.5) is 11.8 Å². The van der Waals surface area contributed by atoms with Crippen molar-refractivity contribution in [2.24, 2.45) is 0 Å². The van der Waals surface area contributed by atoms with Crippen LogP contribution in [0.15, 0.2) is 48.5 Å². The Kier molecular flexibility index (Phi) is 3.88. The minimum absolute atomic E-state index is 0.581. The first-order chi connectivity index (χ1) is 10.3. The first-order valence-electron chi connectivity index (χ1n) is 6.69. The van der Waals surface area contributed by atoms with Gasteiger partial charge in [0.05, 0.1) is 5.52 Å². The standard InChI is InChI=1S/C16H15ClN4/c1-18-15-13-8-7-12(17)9-14(13)20-16(21-15)19-10-11-5-3-2-4-6-11/h2-9H,10H2,1H3,(H2,18,19,20,21). The zero-order valence-electron chi connectivity index (χ0n) is 11.6. The zero-order chi connectivity index (χ0) is 14.7. The van der Waals surface area contributed by atoms with Crippen molar-refractivity contribution in [3.05, 3.63) is 59.1 Å². The first-order valence-corrected chi connectivity index (χ1v) is 7.07. The Hall–Kier alpha value is -2.33. The highest BCUT2D eigenvalue weighted by Gasteiger charge is 2.07. The fourth-order valence-corrected chi connectivity index (χ4v) is 2.32. The van der Waals surface area contributed by atoms with E-state index in [0.717, 1.165) is 16.7 Å². The Bertz CT molecular complexity index is 759. The summed E-state index contributed by atoms with van der Waals surface area (Å²) in [7, 11) is 1.84. The van der Waals surface area contributed by atoms with Gasteiger partial charge in [0.15, 0.2) is 0 Å². The molecule has 0 aliphatic carbocycles. The van der Waals surface area contributed by atoms with Crippen molar-refractivity contribution in [1.29, 1.82) is 0 Å². The summed E-state index contributed by atoms with van der Waals surface area (Å²) in [5.41, 5.74) is 2.00. The minimum Gasteiger partial charge on any atom is -0.372 e. The minimum atomic E-state index is 0.581. The van der Waals surface area contributed by atoms with E-state index in [9.17, 15) is 0 Å². The summed E-state index contributed by atoms with van der Waals surface area (Å²) in [6.07, 6.45) is 0. The number of fused-ring (bicyclic) bond motifs is 1. The summed E-state index contributed by atoms with van der Waals surface area (Å²) in [5, 5.41) is 7.95. The Morgan fingerprint density at radius 1 is 1.05 bits per heavy atom. The molecule has 0 bridgehead atoms. The molecule has 0 atom stereocenters. The topological polar surface area (TPSA) is 49.8 Å². The maximum Gasteiger partial charge on any atom is 0.225 e. The van der Waals surface area contributed by atoms with Gasteiger partial charge >= 0.3 is 0 Å². The van der Waals surface area contributed by atoms with E-state index in [1.54, 1.807) is 0 Å². The molecule has 1 heterocycles. The lowest BCUT2D eigenvalue weighted by Gasteiger charge is -2.10. The Balaban J connectivity index is 1.91. The largest absolute Gasteiger partial charge is 0.372 e. The van der Waals surface area contributed by atoms with Gasteiger partial charge in [-0.05, 0) is 23.8 Å². The van der Waals surface area contributed by atoms with Crippen LogP contribution in [-0.2, 0) is 6.54 Å². The smallest absolute Gasteiger partial charge is 0.225 e. The molecule has 0 spiro atoms. The number of rotatable bonds is 4. The Labute approximate surface area is 128 Å². The molecule has 0 aliphatic rings. The van der Waals surface area contributed by atoms with Crippen LogP contribution < -0.4 is 10.6 Å². The molecule has 0 unspecified atom stereocenters. The van der Waals surface area contributed by atoms with Gasteiger partial charge in [-0.2, -0.15) is 4.98 Å². The van der Waals surface area contributed by atoms with Gasteiger partial charge in [0, 0.05) is 24.0 Å². The molecule has 0 fully saturated rings. The first kappa shape index (κ1) is 13.6. The van der Waals surface area contributed by atoms with Gasteiger partial charge in [0.2, 0.25) is 5.95 Å². The van der Waals surface area contributed by atoms with Crippen LogP contribution in [0.2, 0.25) is 5.02 Å². The molecule has 1 aromatic heterocycles. The molecule has 0 amide bonds. The van der Waals surface area contributed by atoms with Crippen LogP contribution in [0, 0.1) is 0 Å². The molecule has 3 aromatic rings. The fourth-order valence-electron chi connectivity index (χ4n) is 2.15. The number of hydrogen-bond acceptors (Lipinski definition) is 4. The molecule has 2 aromatic carbocycles. The SMILES string of the molecule is CNc1nc(NCc2ccccc2)nc2cc(Cl)ccc12. The lowest BCUT2D eigenvalue weighted by atomic mass is 10.2. The van der Waals surface area contributed by atoms with Crippen molar-refractivity contribution >= 4 is 34.3 Å². The summed E-state index contributed by atoms with van der Waals surface area (Å²) in [4.78, 5) is 9.00. The van der Waals surface area contributed by atoms with Crippen LogP contribution >= 0.6 is 11.6 Å². The van der Waals surface area contributed by atoms with Crippen LogP contribution in [0.5, 0.6) is 0 Å². The average Bonchev–Trinajstić information content (AvgIpc) is 2.52. The molecule has 0 saturated carbocycles. The van der Waals surface area contributed by atoms with Crippen molar-refractivity contribution in [1.82, 2.24) is 9.97 Å². The van der Waals surface area contributed by atoms with Gasteiger partial charge in [-0.3, -0.25) is 0 Å². The van der Waals surface area contributed by atoms with Crippen LogP contribution in [-0.4, -0.2) is 17.0 Å². The monoisotopic (exact) mass is 298 g/mol. The molecular formula is C16H15ClN4. The summed E-state index contributed by atoms with van der Waals surface area (Å²) in [5.74, 6) is 1.37. The van der Waals surface area contributed by atoms with E-state index in [4.69, 9.17) is 11.6 Å². The Morgan fingerprint density at radius 2 is 1.86 bits per heavy atom. The van der Waals surface area contributed by atoms with E-state index >= 15 is 0 Å². The lowest BCUT2D eigenvalue weighted by Crippen LogP contribution is -2.06. The molecule has 4 nitrogen and oxygen atoms in total. The molecule has 0 saturated heterocycles. The fraction of sp³-hybridized carbons (Fsp3) is 0.125. The van der Waals surface area contributed by atoms with E-state index in [2.05, 4.69) is 32.7 Å². The van der Waals surface area contributed by atoms with Gasteiger partial charge in [0.25, 0.3) is 0 Å². The van der Waals surface area contributed by atoms with Crippen molar-refractivity contribution in [2.45, 2.75) is 6.54 Å². The van der Waals surface area contributed by atoms with Gasteiger partial charge < -0.3 is 10.6 Å². The number of nitrogens with zero attached hydrogens (tertiary/aromatic N) is 2. The predicted molar refractivity (Wildman–Crippen MR) is 87.9 cm³/mol. The highest BCUT2D eigenvalue weighted by molar-refractivity contribution is 6.31. The molecule has 21 heavy (non-hydrogen) atoms. The maximum atomic E-state index is 6.04. The molecule has 106 valence electrons. The Morgan fingerprint density at radius 3 is 2.62 bits per heavy atom. The van der Waals surface area contributed by atoms with E-state index in [1.807, 2.05) is 43.4 Å². The van der Waals surface area contributed by atoms with Crippen LogP contribution in [0.3, 0.4) is 0 Å². The summed E-state index contributed by atoms with van der Waals surface area (Å²) in [6, 6.07) is 15.7. The van der Waals surface area contributed by atoms with E-state index < -0.39 is 0 Å². The molecule has 5 heteroatoms. The average molecular weight is 299 g/mol. The van der Waals surface area contributed by atoms with Crippen LogP contribution in [0.25, 0.3) is 10.9 Å². The number of benzene rings is 2. The number of hydrogen-bond donors (Lipinski definition) is 2. The van der Waals surface area contributed by atoms with Crippen LogP contribution in [0.1, 0.15) is 5.56 Å². The molecule has 2 N–H and O–H groups in total. The van der Waals surface area contributed by atoms with Crippen molar-refractivity contribution in [2.75, 3.05) is 17.7 Å². The van der Waals surface area contributed by atoms with Gasteiger partial charge in [-0.15, -0.1) is 0 Å². The summed E-state index contributed by atoms with van der Waals surface area (Å²) >= 11 is 6.04. The zero-order valence-corrected chi connectivity index (χ0v) is 12.4. The van der Waals surface area contributed by atoms with Crippen molar-refractivity contribution < 1.29 is 0 Å². The van der Waals surface area contributed by atoms with Gasteiger partial charge in [-0.1, -0.05) is 41.9 Å². The highest BCUT2D eigenvalue weighted by atomic mass is 35.5. The lowest BCUT2D eigenvalue weighted by molar-refractivity contribution is 1.07. The number of halogens is 1.